The summed E-state index contributed by atoms with van der Waals surface area (Å²) in [4.78, 5) is 26.2. The summed E-state index contributed by atoms with van der Waals surface area (Å²) in [5.74, 6) is 2.05. The van der Waals surface area contributed by atoms with Gasteiger partial charge in [-0.3, -0.25) is 4.90 Å². The highest BCUT2D eigenvalue weighted by Gasteiger charge is 2.22. The summed E-state index contributed by atoms with van der Waals surface area (Å²) in [5.41, 5.74) is 0.502. The van der Waals surface area contributed by atoms with Crippen LogP contribution in [0.25, 0.3) is 10.2 Å². The average Bonchev–Trinajstić information content (AvgIpc) is 3.28. The number of hydrogen-bond donors (Lipinski definition) is 0. The molecule has 0 amide bonds. The van der Waals surface area contributed by atoms with E-state index in [1.165, 1.54) is 7.11 Å². The van der Waals surface area contributed by atoms with Gasteiger partial charge < -0.3 is 14.1 Å². The first-order valence-corrected chi connectivity index (χ1v) is 9.37. The Bertz CT molecular complexity index is 928. The molecule has 0 N–H and O–H groups in total. The summed E-state index contributed by atoms with van der Waals surface area (Å²) in [6.07, 6.45) is 1.64. The first-order valence-electron chi connectivity index (χ1n) is 8.49. The Labute approximate surface area is 155 Å². The number of rotatable bonds is 4. The molecular formula is C18H20N4O3S. The molecule has 4 rings (SSSR count). The van der Waals surface area contributed by atoms with Crippen LogP contribution in [0.2, 0.25) is 0 Å². The van der Waals surface area contributed by atoms with Crippen molar-refractivity contribution in [3.63, 3.8) is 0 Å². The first-order chi connectivity index (χ1) is 12.7. The number of methoxy groups -OCH3 is 1. The average molecular weight is 372 g/mol. The molecule has 1 aliphatic rings. The predicted octanol–water partition coefficient (Wildman–Crippen LogP) is 2.70. The highest BCUT2D eigenvalue weighted by atomic mass is 32.1. The van der Waals surface area contributed by atoms with Gasteiger partial charge in [-0.2, -0.15) is 0 Å². The van der Waals surface area contributed by atoms with Crippen LogP contribution in [0.5, 0.6) is 0 Å². The van der Waals surface area contributed by atoms with Crippen LogP contribution in [0.3, 0.4) is 0 Å². The molecule has 0 saturated carbocycles. The monoisotopic (exact) mass is 372 g/mol. The summed E-state index contributed by atoms with van der Waals surface area (Å²) in [6, 6.07) is 3.87. The summed E-state index contributed by atoms with van der Waals surface area (Å²) in [5, 5.41) is 3.17. The van der Waals surface area contributed by atoms with Gasteiger partial charge in [0.05, 0.1) is 19.0 Å². The molecule has 1 fully saturated rings. The number of carbonyl (C=O) groups excluding carboxylic acids is 1. The number of ether oxygens (including phenoxy) is 1. The molecule has 26 heavy (non-hydrogen) atoms. The normalized spacial score (nSPS) is 15.5. The number of piperazine rings is 1. The number of hydrogen-bond acceptors (Lipinski definition) is 8. The van der Waals surface area contributed by atoms with Crippen LogP contribution < -0.4 is 4.90 Å². The number of anilines is 1. The van der Waals surface area contributed by atoms with Crippen molar-refractivity contribution in [1.29, 1.82) is 0 Å². The summed E-state index contributed by atoms with van der Waals surface area (Å²) >= 11 is 1.64. The van der Waals surface area contributed by atoms with Gasteiger partial charge in [0, 0.05) is 26.2 Å². The molecule has 0 unspecified atom stereocenters. The van der Waals surface area contributed by atoms with E-state index in [0.717, 1.165) is 48.0 Å². The van der Waals surface area contributed by atoms with Gasteiger partial charge in [-0.1, -0.05) is 0 Å². The maximum absolute atomic E-state index is 11.7. The van der Waals surface area contributed by atoms with Crippen LogP contribution >= 0.6 is 11.3 Å². The van der Waals surface area contributed by atoms with Crippen molar-refractivity contribution in [2.45, 2.75) is 13.5 Å². The quantitative estimate of drug-likeness (QED) is 0.652. The Hall–Kier alpha value is -2.45. The van der Waals surface area contributed by atoms with Crippen LogP contribution in [-0.4, -0.2) is 54.1 Å². The van der Waals surface area contributed by atoms with Crippen LogP contribution in [0, 0.1) is 6.92 Å². The molecule has 0 bridgehead atoms. The molecule has 0 aromatic carbocycles. The van der Waals surface area contributed by atoms with Crippen molar-refractivity contribution < 1.29 is 13.9 Å². The SMILES string of the molecule is COC(=O)c1cc(CN2CCN(c3ncnc4sccc34)CC2)oc1C. The van der Waals surface area contributed by atoms with Crippen molar-refractivity contribution in [1.82, 2.24) is 14.9 Å². The Morgan fingerprint density at radius 3 is 2.88 bits per heavy atom. The van der Waals surface area contributed by atoms with E-state index in [2.05, 4.69) is 31.2 Å². The minimum absolute atomic E-state index is 0.356. The molecule has 1 saturated heterocycles. The van der Waals surface area contributed by atoms with Gasteiger partial charge in [0.2, 0.25) is 0 Å². The molecule has 7 nitrogen and oxygen atoms in total. The fourth-order valence-corrected chi connectivity index (χ4v) is 4.03. The van der Waals surface area contributed by atoms with E-state index in [1.54, 1.807) is 30.7 Å². The van der Waals surface area contributed by atoms with Crippen molar-refractivity contribution in [3.8, 4) is 0 Å². The van der Waals surface area contributed by atoms with Crippen LogP contribution in [-0.2, 0) is 11.3 Å². The lowest BCUT2D eigenvalue weighted by Gasteiger charge is -2.35. The van der Waals surface area contributed by atoms with Crippen LogP contribution in [0.1, 0.15) is 21.9 Å². The fourth-order valence-electron chi connectivity index (χ4n) is 3.30. The maximum atomic E-state index is 11.7. The van der Waals surface area contributed by atoms with Crippen molar-refractivity contribution in [3.05, 3.63) is 40.9 Å². The minimum Gasteiger partial charge on any atom is -0.465 e. The first kappa shape index (κ1) is 17.0. The topological polar surface area (TPSA) is 71.7 Å². The van der Waals surface area contributed by atoms with Gasteiger partial charge in [0.1, 0.15) is 34.1 Å². The molecule has 1 aliphatic heterocycles. The van der Waals surface area contributed by atoms with Gasteiger partial charge in [0.15, 0.2) is 0 Å². The molecule has 0 spiro atoms. The second-order valence-corrected chi connectivity index (χ2v) is 7.17. The molecule has 3 aromatic heterocycles. The van der Waals surface area contributed by atoms with Crippen molar-refractivity contribution in [2.75, 3.05) is 38.2 Å². The number of thiophene rings is 1. The van der Waals surface area contributed by atoms with E-state index < -0.39 is 0 Å². The van der Waals surface area contributed by atoms with Crippen molar-refractivity contribution >= 4 is 33.3 Å². The zero-order valence-corrected chi connectivity index (χ0v) is 15.6. The van der Waals surface area contributed by atoms with Gasteiger partial charge in [0.25, 0.3) is 0 Å². The van der Waals surface area contributed by atoms with Crippen LogP contribution in [0.15, 0.2) is 28.3 Å². The van der Waals surface area contributed by atoms with E-state index in [1.807, 2.05) is 0 Å². The summed E-state index contributed by atoms with van der Waals surface area (Å²) < 4.78 is 10.5. The predicted molar refractivity (Wildman–Crippen MR) is 99.7 cm³/mol. The molecule has 8 heteroatoms. The van der Waals surface area contributed by atoms with Gasteiger partial charge in [-0.25, -0.2) is 14.8 Å². The molecule has 0 radical (unpaired) electrons. The number of fused-ring (bicyclic) bond motifs is 1. The largest absolute Gasteiger partial charge is 0.465 e. The van der Waals surface area contributed by atoms with Crippen molar-refractivity contribution in [2.24, 2.45) is 0 Å². The van der Waals surface area contributed by atoms with Gasteiger partial charge in [-0.05, 0) is 24.4 Å². The Morgan fingerprint density at radius 1 is 1.31 bits per heavy atom. The molecule has 136 valence electrons. The lowest BCUT2D eigenvalue weighted by atomic mass is 10.2. The van der Waals surface area contributed by atoms with E-state index in [0.29, 0.717) is 17.9 Å². The second-order valence-electron chi connectivity index (χ2n) is 6.27. The van der Waals surface area contributed by atoms with E-state index >= 15 is 0 Å². The minimum atomic E-state index is -0.356. The molecule has 0 aliphatic carbocycles. The number of nitrogens with zero attached hydrogens (tertiary/aromatic N) is 4. The lowest BCUT2D eigenvalue weighted by molar-refractivity contribution is 0.0599. The van der Waals surface area contributed by atoms with E-state index in [9.17, 15) is 4.79 Å². The molecular weight excluding hydrogens is 352 g/mol. The van der Waals surface area contributed by atoms with E-state index in [4.69, 9.17) is 9.15 Å². The summed E-state index contributed by atoms with van der Waals surface area (Å²) in [6.45, 7) is 6.07. The van der Waals surface area contributed by atoms with Gasteiger partial charge >= 0.3 is 5.97 Å². The number of esters is 1. The lowest BCUT2D eigenvalue weighted by Crippen LogP contribution is -2.46. The molecule has 0 atom stereocenters. The standard InChI is InChI=1S/C18H20N4O3S/c1-12-15(18(23)24-2)9-13(25-12)10-21-4-6-22(7-5-21)16-14-3-8-26-17(14)20-11-19-16/h3,8-9,11H,4-7,10H2,1-2H3. The second kappa shape index (κ2) is 7.05. The maximum Gasteiger partial charge on any atom is 0.341 e. The smallest absolute Gasteiger partial charge is 0.341 e. The molecule has 4 heterocycles. The Balaban J connectivity index is 1.41. The zero-order chi connectivity index (χ0) is 18.1. The third kappa shape index (κ3) is 3.17. The summed E-state index contributed by atoms with van der Waals surface area (Å²) in [7, 11) is 1.38. The fraction of sp³-hybridized carbons (Fsp3) is 0.389. The highest BCUT2D eigenvalue weighted by Crippen LogP contribution is 2.27. The van der Waals surface area contributed by atoms with E-state index in [-0.39, 0.29) is 5.97 Å². The number of aromatic nitrogens is 2. The zero-order valence-electron chi connectivity index (χ0n) is 14.8. The van der Waals surface area contributed by atoms with Gasteiger partial charge in [-0.15, -0.1) is 11.3 Å². The number of aryl methyl sites for hydroxylation is 1. The number of carbonyl (C=O) groups is 1. The van der Waals surface area contributed by atoms with Crippen LogP contribution in [0.4, 0.5) is 5.82 Å². The Kier molecular flexibility index (Phi) is 4.60. The third-order valence-corrected chi connectivity index (χ3v) is 5.49. The third-order valence-electron chi connectivity index (χ3n) is 4.67. The Morgan fingerprint density at radius 2 is 2.12 bits per heavy atom. The number of furan rings is 1. The molecule has 3 aromatic rings. The highest BCUT2D eigenvalue weighted by molar-refractivity contribution is 7.16.